The molecule has 0 fully saturated rings. The molecule has 0 heterocycles. The zero-order chi connectivity index (χ0) is 12.1. The lowest BCUT2D eigenvalue weighted by atomic mass is 9.87. The van der Waals surface area contributed by atoms with Gasteiger partial charge in [-0.25, -0.2) is 0 Å². The normalized spacial score (nSPS) is 27.4. The van der Waals surface area contributed by atoms with Crippen LogP contribution in [0.3, 0.4) is 0 Å². The Morgan fingerprint density at radius 3 is 2.69 bits per heavy atom. The topological polar surface area (TPSA) is 72.3 Å². The molecule has 3 nitrogen and oxygen atoms in total. The molecule has 0 amide bonds. The highest BCUT2D eigenvalue weighted by Crippen LogP contribution is 2.28. The van der Waals surface area contributed by atoms with E-state index in [0.717, 1.165) is 17.6 Å². The van der Waals surface area contributed by atoms with Crippen molar-refractivity contribution >= 4 is 0 Å². The first-order chi connectivity index (χ1) is 7.62. The third-order valence-corrected chi connectivity index (χ3v) is 2.76. The third kappa shape index (κ3) is 2.84. The largest absolute Gasteiger partial charge is 0.401 e. The summed E-state index contributed by atoms with van der Waals surface area (Å²) in [5.74, 6) is 0. The quantitative estimate of drug-likeness (QED) is 0.615. The molecule has 16 heavy (non-hydrogen) atoms. The molecule has 0 radical (unpaired) electrons. The fraction of sp³-hybridized carbons (Fsp3) is 0.385. The molecule has 0 aliphatic heterocycles. The van der Waals surface area contributed by atoms with E-state index in [1.54, 1.807) is 6.08 Å². The minimum Gasteiger partial charge on any atom is -0.401 e. The zero-order valence-electron chi connectivity index (χ0n) is 9.90. The fourth-order valence-corrected chi connectivity index (χ4v) is 1.73. The van der Waals surface area contributed by atoms with Crippen molar-refractivity contribution in [2.75, 3.05) is 6.54 Å². The Balaban J connectivity index is 3.10. The van der Waals surface area contributed by atoms with Crippen molar-refractivity contribution in [3.63, 3.8) is 0 Å². The molecule has 1 unspecified atom stereocenters. The maximum Gasteiger partial charge on any atom is 0.100 e. The van der Waals surface area contributed by atoms with E-state index in [1.807, 2.05) is 32.1 Å². The maximum absolute atomic E-state index is 10.1. The van der Waals surface area contributed by atoms with Crippen molar-refractivity contribution in [2.45, 2.75) is 26.4 Å². The Morgan fingerprint density at radius 2 is 2.19 bits per heavy atom. The first kappa shape index (κ1) is 12.7. The molecule has 1 aliphatic rings. The van der Waals surface area contributed by atoms with Gasteiger partial charge in [-0.2, -0.15) is 0 Å². The summed E-state index contributed by atoms with van der Waals surface area (Å²) >= 11 is 0. The molecule has 88 valence electrons. The van der Waals surface area contributed by atoms with Gasteiger partial charge in [0.1, 0.15) is 6.10 Å². The molecule has 3 heteroatoms. The summed E-state index contributed by atoms with van der Waals surface area (Å²) in [4.78, 5) is 0. The van der Waals surface area contributed by atoms with E-state index >= 15 is 0 Å². The van der Waals surface area contributed by atoms with E-state index in [-0.39, 0.29) is 0 Å². The van der Waals surface area contributed by atoms with Crippen molar-refractivity contribution in [3.05, 3.63) is 46.7 Å². The average Bonchev–Trinajstić information content (AvgIpc) is 2.31. The lowest BCUT2D eigenvalue weighted by molar-refractivity contribution is 0.244. The van der Waals surface area contributed by atoms with Crippen LogP contribution in [0.5, 0.6) is 0 Å². The smallest absolute Gasteiger partial charge is 0.100 e. The van der Waals surface area contributed by atoms with Gasteiger partial charge < -0.3 is 16.6 Å². The second kappa shape index (κ2) is 5.68. The van der Waals surface area contributed by atoms with Crippen LogP contribution in [-0.2, 0) is 0 Å². The van der Waals surface area contributed by atoms with Crippen LogP contribution in [0.15, 0.2) is 46.7 Å². The van der Waals surface area contributed by atoms with Gasteiger partial charge in [-0.15, -0.1) is 0 Å². The Kier molecular flexibility index (Phi) is 4.52. The standard InChI is InChI=1S/C13H20N2O/c1-3-9-5-10(4-2)13(16)11(6-9)7-12(15)8-14/h3-4,6-7,13,16H,5,8,14-15H2,1-2H3. The van der Waals surface area contributed by atoms with Crippen molar-refractivity contribution in [3.8, 4) is 0 Å². The van der Waals surface area contributed by atoms with Gasteiger partial charge in [0, 0.05) is 12.2 Å². The van der Waals surface area contributed by atoms with Crippen LogP contribution in [-0.4, -0.2) is 17.8 Å². The van der Waals surface area contributed by atoms with Crippen molar-refractivity contribution in [1.82, 2.24) is 0 Å². The summed E-state index contributed by atoms with van der Waals surface area (Å²) in [5.41, 5.74) is 14.7. The van der Waals surface area contributed by atoms with E-state index in [2.05, 4.69) is 0 Å². The van der Waals surface area contributed by atoms with E-state index < -0.39 is 6.10 Å². The van der Waals surface area contributed by atoms with Crippen LogP contribution in [0.2, 0.25) is 0 Å². The predicted octanol–water partition coefficient (Wildman–Crippen LogP) is 1.37. The van der Waals surface area contributed by atoms with E-state index in [1.165, 1.54) is 5.57 Å². The van der Waals surface area contributed by atoms with Gasteiger partial charge in [-0.3, -0.25) is 0 Å². The van der Waals surface area contributed by atoms with Gasteiger partial charge in [0.2, 0.25) is 0 Å². The fourth-order valence-electron chi connectivity index (χ4n) is 1.73. The molecular weight excluding hydrogens is 200 g/mol. The summed E-state index contributed by atoms with van der Waals surface area (Å²) in [7, 11) is 0. The molecule has 1 rings (SSSR count). The van der Waals surface area contributed by atoms with Gasteiger partial charge in [0.15, 0.2) is 0 Å². The molecule has 0 aromatic rings. The highest BCUT2D eigenvalue weighted by molar-refractivity contribution is 5.45. The Bertz CT molecular complexity index is 375. The van der Waals surface area contributed by atoms with Crippen molar-refractivity contribution < 1.29 is 5.11 Å². The van der Waals surface area contributed by atoms with Crippen molar-refractivity contribution in [2.24, 2.45) is 11.5 Å². The van der Waals surface area contributed by atoms with Crippen LogP contribution in [0, 0.1) is 0 Å². The number of aliphatic hydroxyl groups is 1. The molecule has 0 saturated heterocycles. The van der Waals surface area contributed by atoms with Crippen LogP contribution in [0.4, 0.5) is 0 Å². The number of allylic oxidation sites excluding steroid dienone is 4. The summed E-state index contributed by atoms with van der Waals surface area (Å²) in [6, 6.07) is 0. The zero-order valence-corrected chi connectivity index (χ0v) is 9.90. The Labute approximate surface area is 96.8 Å². The highest BCUT2D eigenvalue weighted by Gasteiger charge is 2.19. The number of hydrogen-bond donors (Lipinski definition) is 3. The number of hydrogen-bond acceptors (Lipinski definition) is 3. The SMILES string of the molecule is CC=C1C=C(C=C(N)CN)C(O)C(=CC)C1. The predicted molar refractivity (Wildman–Crippen MR) is 67.5 cm³/mol. The van der Waals surface area contributed by atoms with Gasteiger partial charge in [0.25, 0.3) is 0 Å². The minimum atomic E-state index is -0.557. The Morgan fingerprint density at radius 1 is 1.50 bits per heavy atom. The summed E-state index contributed by atoms with van der Waals surface area (Å²) < 4.78 is 0. The van der Waals surface area contributed by atoms with E-state index in [9.17, 15) is 5.11 Å². The van der Waals surface area contributed by atoms with Crippen molar-refractivity contribution in [1.29, 1.82) is 0 Å². The molecule has 0 spiro atoms. The Hall–Kier alpha value is -1.32. The van der Waals surface area contributed by atoms with Crippen LogP contribution in [0.25, 0.3) is 0 Å². The second-order valence-corrected chi connectivity index (χ2v) is 3.87. The van der Waals surface area contributed by atoms with E-state index in [4.69, 9.17) is 11.5 Å². The minimum absolute atomic E-state index is 0.306. The molecule has 0 aromatic heterocycles. The first-order valence-corrected chi connectivity index (χ1v) is 5.48. The maximum atomic E-state index is 10.1. The molecule has 0 bridgehead atoms. The first-order valence-electron chi connectivity index (χ1n) is 5.48. The van der Waals surface area contributed by atoms with Gasteiger partial charge in [0.05, 0.1) is 0 Å². The molecule has 1 aliphatic carbocycles. The number of rotatable bonds is 2. The van der Waals surface area contributed by atoms with Crippen LogP contribution < -0.4 is 11.5 Å². The van der Waals surface area contributed by atoms with Gasteiger partial charge >= 0.3 is 0 Å². The van der Waals surface area contributed by atoms with E-state index in [0.29, 0.717) is 12.2 Å². The molecule has 0 saturated carbocycles. The van der Waals surface area contributed by atoms with Gasteiger partial charge in [-0.05, 0) is 43.1 Å². The van der Waals surface area contributed by atoms with Crippen LogP contribution >= 0.6 is 0 Å². The summed E-state index contributed by atoms with van der Waals surface area (Å²) in [5, 5.41) is 10.1. The monoisotopic (exact) mass is 220 g/mol. The molecule has 5 N–H and O–H groups in total. The summed E-state index contributed by atoms with van der Waals surface area (Å²) in [6.07, 6.45) is 7.97. The lowest BCUT2D eigenvalue weighted by Gasteiger charge is -2.23. The summed E-state index contributed by atoms with van der Waals surface area (Å²) in [6.45, 7) is 4.23. The third-order valence-electron chi connectivity index (χ3n) is 2.76. The molecule has 1 atom stereocenters. The number of aliphatic hydroxyl groups excluding tert-OH is 1. The average molecular weight is 220 g/mol. The van der Waals surface area contributed by atoms with Gasteiger partial charge in [-0.1, -0.05) is 18.2 Å². The highest BCUT2D eigenvalue weighted by atomic mass is 16.3. The lowest BCUT2D eigenvalue weighted by Crippen LogP contribution is -2.19. The van der Waals surface area contributed by atoms with Crippen LogP contribution in [0.1, 0.15) is 20.3 Å². The molecular formula is C13H20N2O. The number of nitrogens with two attached hydrogens (primary N) is 2. The second-order valence-electron chi connectivity index (χ2n) is 3.87. The molecule has 0 aromatic carbocycles.